The highest BCUT2D eigenvalue weighted by molar-refractivity contribution is 5.20. The topological polar surface area (TPSA) is 34.1 Å². The van der Waals surface area contributed by atoms with Crippen molar-refractivity contribution in [3.63, 3.8) is 0 Å². The van der Waals surface area contributed by atoms with Crippen LogP contribution in [0.15, 0.2) is 18.5 Å². The summed E-state index contributed by atoms with van der Waals surface area (Å²) in [5, 5.41) is 3.38. The monoisotopic (exact) mass is 220 g/mol. The molecule has 3 nitrogen and oxygen atoms in total. The molecule has 0 bridgehead atoms. The Balaban J connectivity index is 2.03. The predicted molar refractivity (Wildman–Crippen MR) is 64.3 cm³/mol. The smallest absolute Gasteiger partial charge is 0.0495 e. The van der Waals surface area contributed by atoms with E-state index in [0.717, 1.165) is 19.6 Å². The Morgan fingerprint density at radius 1 is 1.56 bits per heavy atom. The third-order valence-electron chi connectivity index (χ3n) is 3.24. The Hall–Kier alpha value is -0.930. The first-order valence-corrected chi connectivity index (χ1v) is 5.96. The van der Waals surface area contributed by atoms with Gasteiger partial charge in [-0.3, -0.25) is 4.98 Å². The van der Waals surface area contributed by atoms with E-state index >= 15 is 0 Å². The van der Waals surface area contributed by atoms with Crippen LogP contribution in [0.5, 0.6) is 0 Å². The lowest BCUT2D eigenvalue weighted by atomic mass is 9.95. The van der Waals surface area contributed by atoms with E-state index in [2.05, 4.69) is 23.3 Å². The highest BCUT2D eigenvalue weighted by atomic mass is 16.5. The van der Waals surface area contributed by atoms with E-state index in [9.17, 15) is 0 Å². The van der Waals surface area contributed by atoms with E-state index in [-0.39, 0.29) is 0 Å². The largest absolute Gasteiger partial charge is 0.381 e. The van der Waals surface area contributed by atoms with Crippen LogP contribution >= 0.6 is 0 Å². The summed E-state index contributed by atoms with van der Waals surface area (Å²) in [4.78, 5) is 4.26. The molecule has 0 radical (unpaired) electrons. The molecule has 16 heavy (non-hydrogen) atoms. The summed E-state index contributed by atoms with van der Waals surface area (Å²) in [6.45, 7) is 3.92. The second kappa shape index (κ2) is 5.41. The molecule has 1 aliphatic heterocycles. The highest BCUT2D eigenvalue weighted by Gasteiger charge is 2.21. The first-order chi connectivity index (χ1) is 7.79. The number of ether oxygens (including phenoxy) is 1. The zero-order chi connectivity index (χ0) is 11.4. The summed E-state index contributed by atoms with van der Waals surface area (Å²) in [6.07, 6.45) is 6.19. The Morgan fingerprint density at radius 2 is 2.44 bits per heavy atom. The number of hydrogen-bond donors (Lipinski definition) is 1. The molecular formula is C13H20N2O. The lowest BCUT2D eigenvalue weighted by Crippen LogP contribution is -2.20. The number of nitrogens with one attached hydrogen (secondary N) is 1. The van der Waals surface area contributed by atoms with Crippen LogP contribution in [-0.4, -0.2) is 25.2 Å². The highest BCUT2D eigenvalue weighted by Crippen LogP contribution is 2.26. The standard InChI is InChI=1S/C13H20N2O/c1-10-5-12(8-15-7-10)13(14-2)6-11-3-4-16-9-11/h5,7-8,11,13-14H,3-4,6,9H2,1-2H3. The van der Waals surface area contributed by atoms with Crippen molar-refractivity contribution in [2.75, 3.05) is 20.3 Å². The molecule has 3 heteroatoms. The lowest BCUT2D eigenvalue weighted by Gasteiger charge is -2.19. The van der Waals surface area contributed by atoms with E-state index in [0.29, 0.717) is 12.0 Å². The minimum atomic E-state index is 0.402. The molecule has 1 aromatic heterocycles. The Morgan fingerprint density at radius 3 is 3.06 bits per heavy atom. The van der Waals surface area contributed by atoms with Gasteiger partial charge >= 0.3 is 0 Å². The molecule has 1 N–H and O–H groups in total. The Bertz CT molecular complexity index is 334. The molecular weight excluding hydrogens is 200 g/mol. The SMILES string of the molecule is CNC(CC1CCOC1)c1cncc(C)c1. The van der Waals surface area contributed by atoms with Gasteiger partial charge in [0.25, 0.3) is 0 Å². The summed E-state index contributed by atoms with van der Waals surface area (Å²) < 4.78 is 5.42. The average molecular weight is 220 g/mol. The van der Waals surface area contributed by atoms with Crippen LogP contribution in [0.25, 0.3) is 0 Å². The quantitative estimate of drug-likeness (QED) is 0.843. The number of nitrogens with zero attached hydrogens (tertiary/aromatic N) is 1. The first-order valence-electron chi connectivity index (χ1n) is 5.96. The van der Waals surface area contributed by atoms with Gasteiger partial charge in [-0.25, -0.2) is 0 Å². The minimum absolute atomic E-state index is 0.402. The van der Waals surface area contributed by atoms with E-state index in [4.69, 9.17) is 4.74 Å². The molecule has 88 valence electrons. The molecule has 2 unspecified atom stereocenters. The second-order valence-electron chi connectivity index (χ2n) is 4.60. The molecule has 1 fully saturated rings. The number of hydrogen-bond acceptors (Lipinski definition) is 3. The molecule has 0 spiro atoms. The molecule has 0 saturated carbocycles. The van der Waals surface area contributed by atoms with Gasteiger partial charge < -0.3 is 10.1 Å². The van der Waals surface area contributed by atoms with Gasteiger partial charge in [-0.05, 0) is 43.9 Å². The fourth-order valence-electron chi connectivity index (χ4n) is 2.29. The number of aryl methyl sites for hydroxylation is 1. The summed E-state index contributed by atoms with van der Waals surface area (Å²) in [5.41, 5.74) is 2.51. The van der Waals surface area contributed by atoms with Crippen molar-refractivity contribution < 1.29 is 4.74 Å². The number of rotatable bonds is 4. The predicted octanol–water partition coefficient (Wildman–Crippen LogP) is 2.08. The van der Waals surface area contributed by atoms with Crippen LogP contribution < -0.4 is 5.32 Å². The molecule has 1 aromatic rings. The summed E-state index contributed by atoms with van der Waals surface area (Å²) in [7, 11) is 2.02. The number of aromatic nitrogens is 1. The van der Waals surface area contributed by atoms with Crippen LogP contribution in [0.1, 0.15) is 30.0 Å². The first kappa shape index (κ1) is 11.6. The average Bonchev–Trinajstić information content (AvgIpc) is 2.78. The zero-order valence-electron chi connectivity index (χ0n) is 10.1. The van der Waals surface area contributed by atoms with E-state index in [1.807, 2.05) is 19.4 Å². The molecule has 2 rings (SSSR count). The van der Waals surface area contributed by atoms with Gasteiger partial charge in [-0.2, -0.15) is 0 Å². The third-order valence-corrected chi connectivity index (χ3v) is 3.24. The van der Waals surface area contributed by atoms with Gasteiger partial charge in [0, 0.05) is 31.6 Å². The molecule has 0 aliphatic carbocycles. The van der Waals surface area contributed by atoms with Crippen LogP contribution in [-0.2, 0) is 4.74 Å². The maximum absolute atomic E-state index is 5.42. The maximum atomic E-state index is 5.42. The van der Waals surface area contributed by atoms with E-state index in [1.165, 1.54) is 17.5 Å². The van der Waals surface area contributed by atoms with Crippen molar-refractivity contribution in [3.8, 4) is 0 Å². The fraction of sp³-hybridized carbons (Fsp3) is 0.615. The van der Waals surface area contributed by atoms with Gasteiger partial charge in [0.1, 0.15) is 0 Å². The third kappa shape index (κ3) is 2.80. The van der Waals surface area contributed by atoms with Crippen molar-refractivity contribution >= 4 is 0 Å². The molecule has 0 aromatic carbocycles. The fourth-order valence-corrected chi connectivity index (χ4v) is 2.29. The van der Waals surface area contributed by atoms with Crippen LogP contribution in [0.3, 0.4) is 0 Å². The van der Waals surface area contributed by atoms with Crippen LogP contribution in [0, 0.1) is 12.8 Å². The lowest BCUT2D eigenvalue weighted by molar-refractivity contribution is 0.181. The second-order valence-corrected chi connectivity index (χ2v) is 4.60. The van der Waals surface area contributed by atoms with Gasteiger partial charge in [0.05, 0.1) is 0 Å². The Labute approximate surface area is 97.2 Å². The summed E-state index contributed by atoms with van der Waals surface area (Å²) in [5.74, 6) is 0.693. The van der Waals surface area contributed by atoms with E-state index in [1.54, 1.807) is 0 Å². The van der Waals surface area contributed by atoms with Crippen molar-refractivity contribution in [2.45, 2.75) is 25.8 Å². The van der Waals surface area contributed by atoms with Gasteiger partial charge in [0.15, 0.2) is 0 Å². The Kier molecular flexibility index (Phi) is 3.91. The summed E-state index contributed by atoms with van der Waals surface area (Å²) >= 11 is 0. The molecule has 2 atom stereocenters. The summed E-state index contributed by atoms with van der Waals surface area (Å²) in [6, 6.07) is 2.61. The minimum Gasteiger partial charge on any atom is -0.381 e. The molecule has 0 amide bonds. The maximum Gasteiger partial charge on any atom is 0.0495 e. The van der Waals surface area contributed by atoms with Gasteiger partial charge in [-0.1, -0.05) is 6.07 Å². The van der Waals surface area contributed by atoms with Gasteiger partial charge in [-0.15, -0.1) is 0 Å². The van der Waals surface area contributed by atoms with Crippen molar-refractivity contribution in [1.29, 1.82) is 0 Å². The van der Waals surface area contributed by atoms with Crippen LogP contribution in [0.4, 0.5) is 0 Å². The number of pyridine rings is 1. The van der Waals surface area contributed by atoms with E-state index < -0.39 is 0 Å². The van der Waals surface area contributed by atoms with Crippen molar-refractivity contribution in [2.24, 2.45) is 5.92 Å². The normalized spacial score (nSPS) is 22.2. The van der Waals surface area contributed by atoms with Crippen molar-refractivity contribution in [1.82, 2.24) is 10.3 Å². The molecule has 2 heterocycles. The van der Waals surface area contributed by atoms with Crippen molar-refractivity contribution in [3.05, 3.63) is 29.6 Å². The van der Waals surface area contributed by atoms with Gasteiger partial charge in [0.2, 0.25) is 0 Å². The molecule has 1 aliphatic rings. The zero-order valence-corrected chi connectivity index (χ0v) is 10.1. The van der Waals surface area contributed by atoms with Crippen LogP contribution in [0.2, 0.25) is 0 Å². The molecule has 1 saturated heterocycles.